The first-order valence-corrected chi connectivity index (χ1v) is 14.1. The normalized spacial score (nSPS) is 20.5. The molecule has 3 aliphatic heterocycles. The van der Waals surface area contributed by atoms with Gasteiger partial charge in [-0.05, 0) is 68.9 Å². The van der Waals surface area contributed by atoms with Crippen LogP contribution in [0.5, 0.6) is 0 Å². The molecule has 2 fully saturated rings. The number of nitrogens with one attached hydrogen (secondary N) is 2. The lowest BCUT2D eigenvalue weighted by molar-refractivity contribution is 0.572. The van der Waals surface area contributed by atoms with Crippen molar-refractivity contribution in [1.82, 2.24) is 24.5 Å². The first-order valence-electron chi connectivity index (χ1n) is 14.1. The summed E-state index contributed by atoms with van der Waals surface area (Å²) in [4.78, 5) is 14.6. The molecule has 0 bridgehead atoms. The quantitative estimate of drug-likeness (QED) is 0.360. The van der Waals surface area contributed by atoms with Gasteiger partial charge in [-0.2, -0.15) is 0 Å². The highest BCUT2D eigenvalue weighted by molar-refractivity contribution is 6.50. The molecule has 4 aromatic heterocycles. The number of hydrogen-bond donors (Lipinski definition) is 3. The van der Waals surface area contributed by atoms with Gasteiger partial charge in [-0.1, -0.05) is 12.1 Å². The monoisotopic (exact) mass is 535 g/mol. The summed E-state index contributed by atoms with van der Waals surface area (Å²) in [5.74, 6) is 2.54. The van der Waals surface area contributed by atoms with Gasteiger partial charge in [-0.15, -0.1) is 10.2 Å². The van der Waals surface area contributed by atoms with Crippen LogP contribution < -0.4 is 20.9 Å². The molecule has 4 N–H and O–H groups in total. The third-order valence-corrected chi connectivity index (χ3v) is 7.82. The molecule has 40 heavy (non-hydrogen) atoms. The van der Waals surface area contributed by atoms with E-state index in [1.807, 2.05) is 57.8 Å². The second-order valence-electron chi connectivity index (χ2n) is 10.6. The second-order valence-corrected chi connectivity index (χ2v) is 10.6. The number of rotatable bonds is 4. The minimum absolute atomic E-state index is 0.201. The Kier molecular flexibility index (Phi) is 6.18. The lowest BCUT2D eigenvalue weighted by Crippen LogP contribution is -2.42. The van der Waals surface area contributed by atoms with E-state index in [2.05, 4.69) is 15.1 Å². The Hall–Kier alpha value is -4.67. The van der Waals surface area contributed by atoms with E-state index < -0.39 is 0 Å². The van der Waals surface area contributed by atoms with Crippen LogP contribution in [0.1, 0.15) is 38.5 Å². The second kappa shape index (κ2) is 10.1. The van der Waals surface area contributed by atoms with E-state index in [9.17, 15) is 0 Å². The molecular weight excluding hydrogens is 502 g/mol. The van der Waals surface area contributed by atoms with Crippen LogP contribution in [-0.2, 0) is 0 Å². The summed E-state index contributed by atoms with van der Waals surface area (Å²) in [6, 6.07) is 11.9. The summed E-state index contributed by atoms with van der Waals surface area (Å²) >= 11 is 0. The molecule has 4 aromatic rings. The van der Waals surface area contributed by atoms with Gasteiger partial charge >= 0.3 is 0 Å². The van der Waals surface area contributed by atoms with E-state index in [1.165, 1.54) is 12.8 Å². The van der Waals surface area contributed by atoms with Gasteiger partial charge in [0.25, 0.3) is 0 Å². The highest BCUT2D eigenvalue weighted by Gasteiger charge is 2.26. The van der Waals surface area contributed by atoms with E-state index in [0.717, 1.165) is 85.9 Å². The van der Waals surface area contributed by atoms with Gasteiger partial charge in [0, 0.05) is 38.6 Å². The maximum atomic E-state index is 8.71. The largest absolute Gasteiger partial charge is 0.396 e. The Labute approximate surface area is 232 Å². The van der Waals surface area contributed by atoms with Gasteiger partial charge in [0.2, 0.25) is 0 Å². The van der Waals surface area contributed by atoms with Crippen molar-refractivity contribution in [1.29, 1.82) is 5.41 Å². The molecule has 204 valence electrons. The van der Waals surface area contributed by atoms with Crippen molar-refractivity contribution in [2.24, 2.45) is 15.7 Å². The molecule has 11 nitrogen and oxygen atoms in total. The molecule has 0 unspecified atom stereocenters. The Morgan fingerprint density at radius 1 is 0.700 bits per heavy atom. The first kappa shape index (κ1) is 24.4. The Balaban J connectivity index is 1.32. The highest BCUT2D eigenvalue weighted by Crippen LogP contribution is 2.36. The summed E-state index contributed by atoms with van der Waals surface area (Å²) in [5, 5.41) is 21.7. The van der Waals surface area contributed by atoms with Crippen molar-refractivity contribution >= 4 is 51.4 Å². The van der Waals surface area contributed by atoms with Crippen LogP contribution in [0.4, 0.5) is 23.0 Å². The van der Waals surface area contributed by atoms with E-state index in [-0.39, 0.29) is 5.71 Å². The maximum Gasteiger partial charge on any atom is 0.177 e. The van der Waals surface area contributed by atoms with Crippen molar-refractivity contribution in [2.45, 2.75) is 38.5 Å². The van der Waals surface area contributed by atoms with Crippen LogP contribution in [0, 0.1) is 5.41 Å². The van der Waals surface area contributed by atoms with Crippen molar-refractivity contribution in [3.05, 3.63) is 60.6 Å². The van der Waals surface area contributed by atoms with Crippen LogP contribution >= 0.6 is 0 Å². The van der Waals surface area contributed by atoms with Crippen LogP contribution in [0.3, 0.4) is 0 Å². The van der Waals surface area contributed by atoms with E-state index >= 15 is 0 Å². The molecular formula is C29H33N11. The first-order chi connectivity index (χ1) is 19.7. The van der Waals surface area contributed by atoms with Gasteiger partial charge < -0.3 is 20.9 Å². The fourth-order valence-corrected chi connectivity index (χ4v) is 5.75. The van der Waals surface area contributed by atoms with Crippen LogP contribution in [-0.4, -0.2) is 62.8 Å². The van der Waals surface area contributed by atoms with E-state index in [0.29, 0.717) is 17.4 Å². The molecule has 2 saturated heterocycles. The fraction of sp³-hybridized carbons (Fsp3) is 0.345. The Bertz CT molecular complexity index is 1680. The smallest absolute Gasteiger partial charge is 0.177 e. The number of aliphatic imine (C=N–C) groups is 2. The van der Waals surface area contributed by atoms with E-state index in [1.54, 1.807) is 6.08 Å². The summed E-state index contributed by atoms with van der Waals surface area (Å²) < 4.78 is 3.73. The molecule has 0 atom stereocenters. The van der Waals surface area contributed by atoms with Crippen LogP contribution in [0.15, 0.2) is 70.5 Å². The maximum absolute atomic E-state index is 8.71. The molecule has 3 aliphatic rings. The zero-order chi connectivity index (χ0) is 27.1. The van der Waals surface area contributed by atoms with Crippen LogP contribution in [0.2, 0.25) is 0 Å². The standard InChI is InChI=1S/C29H33N11/c30-20-19-21(31)27(33-25-23-12-4-10-18-40(23)36-29(25)38-15-7-2-8-16-38)34-26(20)32-24-22-11-3-9-17-39(22)35-28(24)37-13-5-1-6-14-37/h3-4,9-12,17-19,30H,1-2,5-8,13-16,31H2,(H,32,33,34). The van der Waals surface area contributed by atoms with E-state index in [4.69, 9.17) is 31.3 Å². The van der Waals surface area contributed by atoms with Gasteiger partial charge in [-0.25, -0.2) is 19.0 Å². The number of amidine groups is 2. The van der Waals surface area contributed by atoms with Crippen LogP contribution in [0.25, 0.3) is 11.0 Å². The summed E-state index contributed by atoms with van der Waals surface area (Å²) in [6.07, 6.45) is 12.5. The summed E-state index contributed by atoms with van der Waals surface area (Å²) in [5.41, 5.74) is 10.3. The Morgan fingerprint density at radius 3 is 1.73 bits per heavy atom. The van der Waals surface area contributed by atoms with Gasteiger partial charge in [0.1, 0.15) is 11.4 Å². The predicted molar refractivity (Wildman–Crippen MR) is 160 cm³/mol. The third kappa shape index (κ3) is 4.37. The number of fused-ring (bicyclic) bond motifs is 2. The third-order valence-electron chi connectivity index (χ3n) is 7.82. The molecule has 11 heteroatoms. The van der Waals surface area contributed by atoms with Gasteiger partial charge in [0.05, 0.1) is 22.4 Å². The topological polar surface area (TPSA) is 128 Å². The molecule has 0 saturated carbocycles. The molecule has 0 aromatic carbocycles. The highest BCUT2D eigenvalue weighted by atomic mass is 15.3. The predicted octanol–water partition coefficient (Wildman–Crippen LogP) is 4.19. The lowest BCUT2D eigenvalue weighted by Gasteiger charge is -2.27. The van der Waals surface area contributed by atoms with Crippen molar-refractivity contribution < 1.29 is 0 Å². The molecule has 0 radical (unpaired) electrons. The number of hydrogen-bond acceptors (Lipinski definition) is 8. The zero-order valence-corrected chi connectivity index (χ0v) is 22.4. The lowest BCUT2D eigenvalue weighted by atomic mass is 10.1. The number of nitrogens with two attached hydrogens (primary N) is 1. The minimum Gasteiger partial charge on any atom is -0.396 e. The molecule has 7 rings (SSSR count). The summed E-state index contributed by atoms with van der Waals surface area (Å²) in [7, 11) is 0. The SMILES string of the molecule is N=C1C=C(N)/C(=N/c2c(N3CCCCC3)nn3ccccc23)N/C1=N\c1c(N2CCCCC2)nn2ccccc12. The molecule has 0 aliphatic carbocycles. The summed E-state index contributed by atoms with van der Waals surface area (Å²) in [6.45, 7) is 3.79. The van der Waals surface area contributed by atoms with Crippen molar-refractivity contribution in [3.63, 3.8) is 0 Å². The molecule has 7 heterocycles. The minimum atomic E-state index is 0.201. The number of aromatic nitrogens is 4. The average Bonchev–Trinajstić information content (AvgIpc) is 3.55. The Morgan fingerprint density at radius 2 is 1.20 bits per heavy atom. The molecule has 0 spiro atoms. The van der Waals surface area contributed by atoms with Crippen molar-refractivity contribution in [3.8, 4) is 0 Å². The number of anilines is 2. The molecule has 0 amide bonds. The average molecular weight is 536 g/mol. The number of pyridine rings is 2. The van der Waals surface area contributed by atoms with Crippen molar-refractivity contribution in [2.75, 3.05) is 36.0 Å². The van der Waals surface area contributed by atoms with Gasteiger partial charge in [-0.3, -0.25) is 5.41 Å². The number of nitrogens with zero attached hydrogens (tertiary/aromatic N) is 8. The zero-order valence-electron chi connectivity index (χ0n) is 22.4. The number of piperidine rings is 2. The van der Waals surface area contributed by atoms with Gasteiger partial charge in [0.15, 0.2) is 23.3 Å². The fourth-order valence-electron chi connectivity index (χ4n) is 5.75.